The zero-order valence-corrected chi connectivity index (χ0v) is 13.8. The maximum Gasteiger partial charge on any atom is 0.238 e. The Balaban J connectivity index is 1.55. The molecule has 2 aromatic rings. The molecule has 1 aliphatic heterocycles. The van der Waals surface area contributed by atoms with Crippen LogP contribution in [-0.2, 0) is 16.1 Å². The van der Waals surface area contributed by atoms with E-state index in [1.54, 1.807) is 10.7 Å². The van der Waals surface area contributed by atoms with E-state index in [0.29, 0.717) is 12.4 Å². The molecule has 2 heterocycles. The van der Waals surface area contributed by atoms with E-state index >= 15 is 0 Å². The average Bonchev–Trinajstić information content (AvgIpc) is 3.14. The van der Waals surface area contributed by atoms with E-state index < -0.39 is 0 Å². The van der Waals surface area contributed by atoms with Crippen molar-refractivity contribution in [1.82, 2.24) is 9.78 Å². The Bertz CT molecular complexity index is 754. The highest BCUT2D eigenvalue weighted by Crippen LogP contribution is 2.39. The summed E-state index contributed by atoms with van der Waals surface area (Å²) in [7, 11) is 0. The second-order valence-corrected chi connectivity index (χ2v) is 6.87. The van der Waals surface area contributed by atoms with Crippen molar-refractivity contribution in [2.75, 3.05) is 4.90 Å². The predicted octanol–water partition coefficient (Wildman–Crippen LogP) is 2.92. The number of rotatable bonds is 3. The van der Waals surface area contributed by atoms with Crippen molar-refractivity contribution in [3.63, 3.8) is 0 Å². The van der Waals surface area contributed by atoms with Gasteiger partial charge in [0.25, 0.3) is 0 Å². The first-order chi connectivity index (χ1) is 11.6. The summed E-state index contributed by atoms with van der Waals surface area (Å²) in [6.45, 7) is 2.68. The van der Waals surface area contributed by atoms with Crippen molar-refractivity contribution in [2.24, 2.45) is 11.8 Å². The number of fused-ring (bicyclic) bond motifs is 1. The van der Waals surface area contributed by atoms with Gasteiger partial charge in [-0.15, -0.1) is 0 Å². The molecule has 4 rings (SSSR count). The number of hydrogen-bond donors (Lipinski definition) is 0. The molecule has 5 nitrogen and oxygen atoms in total. The van der Waals surface area contributed by atoms with Gasteiger partial charge < -0.3 is 0 Å². The summed E-state index contributed by atoms with van der Waals surface area (Å²) < 4.78 is 1.78. The van der Waals surface area contributed by atoms with Gasteiger partial charge in [0.2, 0.25) is 11.8 Å². The largest absolute Gasteiger partial charge is 0.274 e. The molecule has 2 amide bonds. The summed E-state index contributed by atoms with van der Waals surface area (Å²) in [4.78, 5) is 26.5. The highest BCUT2D eigenvalue weighted by atomic mass is 16.2. The quantitative estimate of drug-likeness (QED) is 0.816. The monoisotopic (exact) mass is 323 g/mol. The molecule has 2 aliphatic rings. The van der Waals surface area contributed by atoms with E-state index in [0.717, 1.165) is 31.2 Å². The fourth-order valence-corrected chi connectivity index (χ4v) is 3.83. The molecule has 2 fully saturated rings. The minimum absolute atomic E-state index is 0.0646. The lowest BCUT2D eigenvalue weighted by Gasteiger charge is -2.19. The molecule has 2 unspecified atom stereocenters. The number of carbonyl (C=O) groups is 2. The lowest BCUT2D eigenvalue weighted by molar-refractivity contribution is -0.122. The zero-order valence-electron chi connectivity index (χ0n) is 13.8. The highest BCUT2D eigenvalue weighted by molar-refractivity contribution is 6.21. The normalized spacial score (nSPS) is 23.6. The Kier molecular flexibility index (Phi) is 3.71. The van der Waals surface area contributed by atoms with E-state index in [-0.39, 0.29) is 23.7 Å². The molecule has 124 valence electrons. The number of nitrogens with zero attached hydrogens (tertiary/aromatic N) is 3. The molecule has 24 heavy (non-hydrogen) atoms. The van der Waals surface area contributed by atoms with Crippen molar-refractivity contribution < 1.29 is 9.59 Å². The van der Waals surface area contributed by atoms with Crippen LogP contribution in [0.1, 0.15) is 36.8 Å². The fraction of sp³-hybridized carbons (Fsp3) is 0.421. The average molecular weight is 323 g/mol. The molecule has 1 saturated heterocycles. The molecule has 0 radical (unpaired) electrons. The van der Waals surface area contributed by atoms with Gasteiger partial charge in [-0.05, 0) is 25.3 Å². The molecule has 1 aromatic carbocycles. The van der Waals surface area contributed by atoms with E-state index in [4.69, 9.17) is 0 Å². The van der Waals surface area contributed by atoms with Crippen LogP contribution in [-0.4, -0.2) is 21.6 Å². The molecule has 0 spiro atoms. The molecular formula is C19H21N3O2. The molecule has 1 aromatic heterocycles. The van der Waals surface area contributed by atoms with E-state index in [1.165, 1.54) is 10.5 Å². The third-order valence-electron chi connectivity index (χ3n) is 5.16. The fourth-order valence-electron chi connectivity index (χ4n) is 3.83. The third kappa shape index (κ3) is 2.54. The lowest BCUT2D eigenvalue weighted by atomic mass is 9.81. The van der Waals surface area contributed by atoms with Gasteiger partial charge in [-0.2, -0.15) is 5.10 Å². The second-order valence-electron chi connectivity index (χ2n) is 6.87. The van der Waals surface area contributed by atoms with Crippen LogP contribution in [0.5, 0.6) is 0 Å². The summed E-state index contributed by atoms with van der Waals surface area (Å²) in [5.41, 5.74) is 2.36. The Morgan fingerprint density at radius 3 is 2.25 bits per heavy atom. The number of imide groups is 1. The molecule has 2 atom stereocenters. The Morgan fingerprint density at radius 1 is 1.00 bits per heavy atom. The van der Waals surface area contributed by atoms with Crippen LogP contribution in [0.3, 0.4) is 0 Å². The van der Waals surface area contributed by atoms with Crippen LogP contribution in [0.15, 0.2) is 36.5 Å². The Hall–Kier alpha value is -2.43. The minimum Gasteiger partial charge on any atom is -0.274 e. The number of carbonyl (C=O) groups excluding carboxylic acids is 2. The first-order valence-corrected chi connectivity index (χ1v) is 8.60. The smallest absolute Gasteiger partial charge is 0.238 e. The topological polar surface area (TPSA) is 55.2 Å². The first-order valence-electron chi connectivity index (χ1n) is 8.60. The van der Waals surface area contributed by atoms with Gasteiger partial charge >= 0.3 is 0 Å². The van der Waals surface area contributed by atoms with Crippen LogP contribution >= 0.6 is 0 Å². The van der Waals surface area contributed by atoms with Crippen molar-refractivity contribution in [1.29, 1.82) is 0 Å². The van der Waals surface area contributed by atoms with E-state index in [1.807, 2.05) is 6.20 Å². The lowest BCUT2D eigenvalue weighted by Crippen LogP contribution is -2.31. The van der Waals surface area contributed by atoms with Crippen molar-refractivity contribution >= 4 is 17.6 Å². The van der Waals surface area contributed by atoms with Gasteiger partial charge in [0.1, 0.15) is 0 Å². The van der Waals surface area contributed by atoms with Gasteiger partial charge in [0.15, 0.2) is 5.82 Å². The number of anilines is 1. The molecular weight excluding hydrogens is 302 g/mol. The number of aryl methyl sites for hydroxylation is 1. The van der Waals surface area contributed by atoms with Gasteiger partial charge in [0, 0.05) is 12.3 Å². The summed E-state index contributed by atoms with van der Waals surface area (Å²) >= 11 is 0. The van der Waals surface area contributed by atoms with Crippen LogP contribution in [0, 0.1) is 18.8 Å². The standard InChI is InChI=1S/C19H21N3O2/c1-13-6-8-14(9-7-13)12-21-11-10-17(20-21)22-18(23)15-4-2-3-5-16(15)19(22)24/h6-11,15-16H,2-5,12H2,1H3. The summed E-state index contributed by atoms with van der Waals surface area (Å²) in [5.74, 6) is 0.0732. The van der Waals surface area contributed by atoms with Crippen LogP contribution < -0.4 is 4.90 Å². The SMILES string of the molecule is Cc1ccc(Cn2ccc(N3C(=O)C4CCCCC4C3=O)n2)cc1. The van der Waals surface area contributed by atoms with Crippen LogP contribution in [0.4, 0.5) is 5.82 Å². The summed E-state index contributed by atoms with van der Waals surface area (Å²) in [5, 5.41) is 4.47. The van der Waals surface area contributed by atoms with Gasteiger partial charge in [0.05, 0.1) is 18.4 Å². The van der Waals surface area contributed by atoms with Crippen LogP contribution in [0.25, 0.3) is 0 Å². The second kappa shape index (κ2) is 5.89. The predicted molar refractivity (Wildman–Crippen MR) is 90.4 cm³/mol. The zero-order chi connectivity index (χ0) is 16.7. The number of benzene rings is 1. The van der Waals surface area contributed by atoms with E-state index in [9.17, 15) is 9.59 Å². The van der Waals surface area contributed by atoms with Crippen LogP contribution in [0.2, 0.25) is 0 Å². The van der Waals surface area contributed by atoms with Crippen molar-refractivity contribution in [3.8, 4) is 0 Å². The molecule has 1 aliphatic carbocycles. The molecule has 1 saturated carbocycles. The molecule has 0 bridgehead atoms. The van der Waals surface area contributed by atoms with Crippen molar-refractivity contribution in [3.05, 3.63) is 47.7 Å². The van der Waals surface area contributed by atoms with E-state index in [2.05, 4.69) is 36.3 Å². The number of hydrogen-bond acceptors (Lipinski definition) is 3. The minimum atomic E-state index is -0.131. The molecule has 0 N–H and O–H groups in total. The highest BCUT2D eigenvalue weighted by Gasteiger charge is 2.49. The maximum absolute atomic E-state index is 12.6. The van der Waals surface area contributed by atoms with Gasteiger partial charge in [-0.3, -0.25) is 14.3 Å². The first kappa shape index (κ1) is 15.1. The maximum atomic E-state index is 12.6. The third-order valence-corrected chi connectivity index (χ3v) is 5.16. The summed E-state index contributed by atoms with van der Waals surface area (Å²) in [6, 6.07) is 10.0. The van der Waals surface area contributed by atoms with Gasteiger partial charge in [-0.1, -0.05) is 42.7 Å². The Morgan fingerprint density at radius 2 is 1.62 bits per heavy atom. The van der Waals surface area contributed by atoms with Gasteiger partial charge in [-0.25, -0.2) is 4.90 Å². The van der Waals surface area contributed by atoms with Crippen molar-refractivity contribution in [2.45, 2.75) is 39.2 Å². The summed E-state index contributed by atoms with van der Waals surface area (Å²) in [6.07, 6.45) is 5.56. The Labute approximate surface area is 141 Å². The number of amides is 2. The molecule has 5 heteroatoms. The number of aromatic nitrogens is 2.